The second-order valence-corrected chi connectivity index (χ2v) is 6.64. The molecule has 0 bridgehead atoms. The summed E-state index contributed by atoms with van der Waals surface area (Å²) in [5.74, 6) is -1.70. The molecule has 116 valence electrons. The van der Waals surface area contributed by atoms with E-state index in [4.69, 9.17) is 0 Å². The SMILES string of the molecule is CC(C(=O)O)C(NC(=O)CCC(C)(C)C)c1ccccc1. The van der Waals surface area contributed by atoms with Gasteiger partial charge >= 0.3 is 5.97 Å². The zero-order valence-corrected chi connectivity index (χ0v) is 13.2. The van der Waals surface area contributed by atoms with Gasteiger partial charge in [0.1, 0.15) is 0 Å². The van der Waals surface area contributed by atoms with Gasteiger partial charge in [0.15, 0.2) is 0 Å². The molecule has 0 aliphatic carbocycles. The van der Waals surface area contributed by atoms with E-state index in [1.165, 1.54) is 0 Å². The van der Waals surface area contributed by atoms with Crippen molar-refractivity contribution in [1.29, 1.82) is 0 Å². The molecule has 0 fully saturated rings. The smallest absolute Gasteiger partial charge is 0.308 e. The van der Waals surface area contributed by atoms with E-state index in [1.54, 1.807) is 6.92 Å². The minimum absolute atomic E-state index is 0.0813. The fraction of sp³-hybridized carbons (Fsp3) is 0.529. The van der Waals surface area contributed by atoms with Crippen LogP contribution in [0.5, 0.6) is 0 Å². The number of carbonyl (C=O) groups excluding carboxylic acids is 1. The lowest BCUT2D eigenvalue weighted by Crippen LogP contribution is -2.35. The third-order valence-corrected chi connectivity index (χ3v) is 3.47. The average molecular weight is 291 g/mol. The molecule has 2 atom stereocenters. The van der Waals surface area contributed by atoms with Gasteiger partial charge in [0.2, 0.25) is 5.91 Å². The van der Waals surface area contributed by atoms with Gasteiger partial charge in [-0.15, -0.1) is 0 Å². The van der Waals surface area contributed by atoms with Crippen LogP contribution in [0.2, 0.25) is 0 Å². The van der Waals surface area contributed by atoms with Crippen LogP contribution in [-0.2, 0) is 9.59 Å². The Morgan fingerprint density at radius 1 is 1.19 bits per heavy atom. The van der Waals surface area contributed by atoms with Crippen molar-refractivity contribution in [2.45, 2.75) is 46.6 Å². The fourth-order valence-electron chi connectivity index (χ4n) is 2.03. The van der Waals surface area contributed by atoms with Crippen LogP contribution in [0.1, 0.15) is 52.1 Å². The number of rotatable bonds is 6. The first-order valence-corrected chi connectivity index (χ1v) is 7.28. The molecule has 0 saturated heterocycles. The average Bonchev–Trinajstić information content (AvgIpc) is 2.42. The summed E-state index contributed by atoms with van der Waals surface area (Å²) in [4.78, 5) is 23.4. The fourth-order valence-corrected chi connectivity index (χ4v) is 2.03. The molecule has 1 aromatic rings. The van der Waals surface area contributed by atoms with E-state index in [0.29, 0.717) is 6.42 Å². The minimum Gasteiger partial charge on any atom is -0.481 e. The van der Waals surface area contributed by atoms with Gasteiger partial charge in [-0.3, -0.25) is 9.59 Å². The second kappa shape index (κ2) is 7.25. The largest absolute Gasteiger partial charge is 0.481 e. The van der Waals surface area contributed by atoms with Crippen molar-refractivity contribution in [2.24, 2.45) is 11.3 Å². The maximum atomic E-state index is 12.1. The zero-order valence-electron chi connectivity index (χ0n) is 13.2. The van der Waals surface area contributed by atoms with Gasteiger partial charge in [-0.2, -0.15) is 0 Å². The molecule has 4 heteroatoms. The number of carbonyl (C=O) groups is 2. The normalized spacial score (nSPS) is 14.3. The Labute approximate surface area is 126 Å². The van der Waals surface area contributed by atoms with Gasteiger partial charge < -0.3 is 10.4 Å². The molecule has 1 rings (SSSR count). The third-order valence-electron chi connectivity index (χ3n) is 3.47. The van der Waals surface area contributed by atoms with Crippen LogP contribution in [0, 0.1) is 11.3 Å². The van der Waals surface area contributed by atoms with Gasteiger partial charge in [-0.25, -0.2) is 0 Å². The third kappa shape index (κ3) is 5.98. The highest BCUT2D eigenvalue weighted by atomic mass is 16.4. The summed E-state index contributed by atoms with van der Waals surface area (Å²) in [6, 6.07) is 8.74. The summed E-state index contributed by atoms with van der Waals surface area (Å²) in [6.45, 7) is 7.85. The molecule has 0 aromatic heterocycles. The lowest BCUT2D eigenvalue weighted by molar-refractivity contribution is -0.142. The molecule has 1 aromatic carbocycles. The molecule has 0 radical (unpaired) electrons. The number of aliphatic carboxylic acids is 1. The van der Waals surface area contributed by atoms with Crippen LogP contribution < -0.4 is 5.32 Å². The topological polar surface area (TPSA) is 66.4 Å². The highest BCUT2D eigenvalue weighted by molar-refractivity contribution is 5.78. The van der Waals surface area contributed by atoms with Gasteiger partial charge in [0.05, 0.1) is 12.0 Å². The summed E-state index contributed by atoms with van der Waals surface area (Å²) in [5.41, 5.74) is 0.898. The maximum absolute atomic E-state index is 12.1. The number of nitrogens with one attached hydrogen (secondary N) is 1. The summed E-state index contributed by atoms with van der Waals surface area (Å²) in [6.07, 6.45) is 1.17. The maximum Gasteiger partial charge on any atom is 0.308 e. The minimum atomic E-state index is -0.917. The summed E-state index contributed by atoms with van der Waals surface area (Å²) in [7, 11) is 0. The molecule has 1 amide bonds. The van der Waals surface area contributed by atoms with E-state index in [1.807, 2.05) is 30.3 Å². The molecule has 0 spiro atoms. The van der Waals surface area contributed by atoms with Crippen LogP contribution in [0.25, 0.3) is 0 Å². The van der Waals surface area contributed by atoms with Crippen LogP contribution in [-0.4, -0.2) is 17.0 Å². The highest BCUT2D eigenvalue weighted by Crippen LogP contribution is 2.24. The van der Waals surface area contributed by atoms with Crippen LogP contribution >= 0.6 is 0 Å². The van der Waals surface area contributed by atoms with Crippen molar-refractivity contribution in [2.75, 3.05) is 0 Å². The molecule has 0 aliphatic heterocycles. The number of benzene rings is 1. The number of carboxylic acid groups (broad SMARTS) is 1. The summed E-state index contributed by atoms with van der Waals surface area (Å²) in [5, 5.41) is 12.1. The molecule has 0 heterocycles. The van der Waals surface area contributed by atoms with E-state index in [2.05, 4.69) is 26.1 Å². The monoisotopic (exact) mass is 291 g/mol. The summed E-state index contributed by atoms with van der Waals surface area (Å²) >= 11 is 0. The lowest BCUT2D eigenvalue weighted by atomic mass is 9.90. The van der Waals surface area contributed by atoms with Crippen molar-refractivity contribution >= 4 is 11.9 Å². The molecular weight excluding hydrogens is 266 g/mol. The predicted octanol–water partition coefficient (Wildman–Crippen LogP) is 3.39. The first-order valence-electron chi connectivity index (χ1n) is 7.28. The van der Waals surface area contributed by atoms with Crippen LogP contribution in [0.15, 0.2) is 30.3 Å². The second-order valence-electron chi connectivity index (χ2n) is 6.64. The molecule has 2 N–H and O–H groups in total. The van der Waals surface area contributed by atoms with Gasteiger partial charge in [0, 0.05) is 6.42 Å². The van der Waals surface area contributed by atoms with E-state index in [-0.39, 0.29) is 11.3 Å². The van der Waals surface area contributed by atoms with E-state index >= 15 is 0 Å². The number of hydrogen-bond acceptors (Lipinski definition) is 2. The van der Waals surface area contributed by atoms with Gasteiger partial charge in [-0.1, -0.05) is 51.1 Å². The number of hydrogen-bond donors (Lipinski definition) is 2. The molecule has 2 unspecified atom stereocenters. The zero-order chi connectivity index (χ0) is 16.0. The molecule has 4 nitrogen and oxygen atoms in total. The van der Waals surface area contributed by atoms with Crippen LogP contribution in [0.3, 0.4) is 0 Å². The number of carboxylic acids is 1. The van der Waals surface area contributed by atoms with E-state index < -0.39 is 17.9 Å². The van der Waals surface area contributed by atoms with Crippen molar-refractivity contribution in [3.63, 3.8) is 0 Å². The Morgan fingerprint density at radius 3 is 2.24 bits per heavy atom. The van der Waals surface area contributed by atoms with Gasteiger partial charge in [-0.05, 0) is 24.3 Å². The molecular formula is C17H25NO3. The van der Waals surface area contributed by atoms with Crippen molar-refractivity contribution < 1.29 is 14.7 Å². The molecule has 21 heavy (non-hydrogen) atoms. The van der Waals surface area contributed by atoms with Gasteiger partial charge in [0.25, 0.3) is 0 Å². The van der Waals surface area contributed by atoms with Crippen molar-refractivity contribution in [3.05, 3.63) is 35.9 Å². The molecule has 0 aliphatic rings. The molecule has 0 saturated carbocycles. The van der Waals surface area contributed by atoms with E-state index in [0.717, 1.165) is 12.0 Å². The first-order chi connectivity index (χ1) is 9.70. The quantitative estimate of drug-likeness (QED) is 0.844. The van der Waals surface area contributed by atoms with Crippen molar-refractivity contribution in [1.82, 2.24) is 5.32 Å². The Balaban J connectivity index is 2.79. The standard InChI is InChI=1S/C17H25NO3/c1-12(16(20)21)15(13-8-6-5-7-9-13)18-14(19)10-11-17(2,3)4/h5-9,12,15H,10-11H2,1-4H3,(H,18,19)(H,20,21). The Bertz CT molecular complexity index is 477. The lowest BCUT2D eigenvalue weighted by Gasteiger charge is -2.24. The van der Waals surface area contributed by atoms with Crippen molar-refractivity contribution in [3.8, 4) is 0 Å². The first kappa shape index (κ1) is 17.2. The predicted molar refractivity (Wildman–Crippen MR) is 82.8 cm³/mol. The van der Waals surface area contributed by atoms with Crippen LogP contribution in [0.4, 0.5) is 0 Å². The number of amides is 1. The Morgan fingerprint density at radius 2 is 1.76 bits per heavy atom. The van der Waals surface area contributed by atoms with E-state index in [9.17, 15) is 14.7 Å². The Hall–Kier alpha value is -1.84. The Kier molecular flexibility index (Phi) is 5.94. The highest BCUT2D eigenvalue weighted by Gasteiger charge is 2.27. The summed E-state index contributed by atoms with van der Waals surface area (Å²) < 4.78 is 0.